The quantitative estimate of drug-likeness (QED) is 0.0632. The highest BCUT2D eigenvalue weighted by Gasteiger charge is 2.35. The summed E-state index contributed by atoms with van der Waals surface area (Å²) >= 11 is 5.94. The van der Waals surface area contributed by atoms with Crippen LogP contribution in [0.5, 0.6) is 0 Å². The molecule has 0 unspecified atom stereocenters. The van der Waals surface area contributed by atoms with Gasteiger partial charge in [-0.15, -0.1) is 0 Å². The molecule has 4 saturated carbocycles. The highest BCUT2D eigenvalue weighted by molar-refractivity contribution is 7.91. The van der Waals surface area contributed by atoms with E-state index in [1.54, 1.807) is 40.7 Å². The van der Waals surface area contributed by atoms with Gasteiger partial charge >= 0.3 is 7.12 Å². The minimum absolute atomic E-state index is 0. The molecule has 8 aromatic heterocycles. The molecule has 2 atom stereocenters. The first-order valence-corrected chi connectivity index (χ1v) is 30.3. The molecule has 0 radical (unpaired) electrons. The highest BCUT2D eigenvalue weighted by atomic mass is 35.5. The molecule has 432 valence electrons. The van der Waals surface area contributed by atoms with Gasteiger partial charge in [-0.25, -0.2) is 61.7 Å². The average Bonchev–Trinajstić information content (AvgIpc) is 4.24. The number of hydrogen-bond donors (Lipinski definition) is 4. The third-order valence-electron chi connectivity index (χ3n) is 14.6. The predicted octanol–water partition coefficient (Wildman–Crippen LogP) is 6.05. The van der Waals surface area contributed by atoms with Crippen LogP contribution in [0.3, 0.4) is 0 Å². The van der Waals surface area contributed by atoms with Crippen molar-refractivity contribution >= 4 is 77.8 Å². The Kier molecular flexibility index (Phi) is 18.3. The van der Waals surface area contributed by atoms with Crippen molar-refractivity contribution in [2.24, 2.45) is 11.8 Å². The van der Waals surface area contributed by atoms with E-state index in [0.29, 0.717) is 74.4 Å². The van der Waals surface area contributed by atoms with Crippen molar-refractivity contribution in [1.82, 2.24) is 68.9 Å². The Morgan fingerprint density at radius 3 is 1.49 bits per heavy atom. The number of hydrogen-bond acceptors (Lipinski definition) is 22. The number of halogens is 1. The standard InChI is InChI=1S/C26H28N8O3S.C18H19ClN6O3S.C8H11BN2O2.2CH4/c1-14-21(22(17-6-7-17)31-13-30-14)23-29-12-20-25(33-23)34(15(2)16-4-5-16)26(35)24(32-20)28-10-18-8-9-19(11-27-18)38(3,36)37;1-10(11-3-4-11)25-16-14(9-22-18(19)24-16)23-15(17(25)26)21-7-12-5-6-13(8-20-12)29(2,27)28;1-5-7(9(12)13)8(6-2-3-6)11-4-10-5;;/h8-9,11-13,15-17H,4-7,10H2,1-3H3,(H,28,32);5-6,8-11H,3-4,7H2,1-2H3,(H,21,23);4,6,12-13H,2-3H2,1H3;2*1H4/t15-;10-;;;/m00.../s1. The first kappa shape index (κ1) is 60.8. The Morgan fingerprint density at radius 2 is 1.05 bits per heavy atom. The fourth-order valence-corrected chi connectivity index (χ4v) is 10.7. The monoisotopic (exact) mass is 1180 g/mol. The van der Waals surface area contributed by atoms with Crippen molar-refractivity contribution in [2.45, 2.75) is 141 Å². The third-order valence-corrected chi connectivity index (χ3v) is 17.0. The summed E-state index contributed by atoms with van der Waals surface area (Å²) in [6.07, 6.45) is 19.7. The molecule has 4 aliphatic carbocycles. The highest BCUT2D eigenvalue weighted by Crippen LogP contribution is 2.44. The molecule has 12 rings (SSSR count). The van der Waals surface area contributed by atoms with Crippen molar-refractivity contribution in [1.29, 1.82) is 0 Å². The molecule has 28 heteroatoms. The second-order valence-corrected chi connectivity index (χ2v) is 25.2. The molecule has 4 N–H and O–H groups in total. The van der Waals surface area contributed by atoms with Crippen molar-refractivity contribution < 1.29 is 26.9 Å². The van der Waals surface area contributed by atoms with Crippen LogP contribution in [0.2, 0.25) is 5.28 Å². The van der Waals surface area contributed by atoms with Crippen LogP contribution in [0, 0.1) is 25.7 Å². The van der Waals surface area contributed by atoms with Crippen LogP contribution in [-0.2, 0) is 32.8 Å². The maximum Gasteiger partial charge on any atom is 0.492 e. The van der Waals surface area contributed by atoms with Crippen molar-refractivity contribution in [3.8, 4) is 11.4 Å². The summed E-state index contributed by atoms with van der Waals surface area (Å²) in [5.41, 5.74) is 7.04. The smallest absolute Gasteiger partial charge is 0.423 e. The molecule has 0 spiro atoms. The number of pyridine rings is 2. The molecular formula is C54H66BClN16O8S2. The Bertz CT molecular complexity index is 4010. The van der Waals surface area contributed by atoms with Crippen LogP contribution in [-0.4, -0.2) is 115 Å². The maximum absolute atomic E-state index is 13.7. The number of nitrogens with zero attached hydrogens (tertiary/aromatic N) is 14. The van der Waals surface area contributed by atoms with E-state index in [1.165, 1.54) is 37.1 Å². The molecule has 82 heavy (non-hydrogen) atoms. The molecule has 4 aliphatic rings. The summed E-state index contributed by atoms with van der Waals surface area (Å²) in [7, 11) is -8.10. The SMILES string of the molecule is C.C.C[C@@H](C1CC1)n1c(=O)c(NCc2ccc(S(C)(=O)=O)cn2)nc2cnc(Cl)nc21.Cc1ncnc(C2CC2)c1-c1ncc2nc(NCc3ccc(S(C)(=O)=O)cn3)c(=O)n([C@@H](C)C3CC3)c2n1.Cc1ncnc(C2CC2)c1B(O)O. The predicted molar refractivity (Wildman–Crippen MR) is 312 cm³/mol. The fourth-order valence-electron chi connectivity index (χ4n) is 9.42. The van der Waals surface area contributed by atoms with Crippen LogP contribution >= 0.6 is 11.6 Å². The van der Waals surface area contributed by atoms with Gasteiger partial charge in [-0.3, -0.25) is 28.7 Å². The van der Waals surface area contributed by atoms with Crippen LogP contribution in [0.1, 0.15) is 138 Å². The zero-order valence-electron chi connectivity index (χ0n) is 44.7. The van der Waals surface area contributed by atoms with E-state index >= 15 is 0 Å². The lowest BCUT2D eigenvalue weighted by atomic mass is 9.77. The summed E-state index contributed by atoms with van der Waals surface area (Å²) < 4.78 is 49.9. The number of anilines is 2. The zero-order valence-corrected chi connectivity index (χ0v) is 47.1. The fraction of sp³-hybridized carbons (Fsp3) is 0.444. The van der Waals surface area contributed by atoms with E-state index in [9.17, 15) is 26.4 Å². The lowest BCUT2D eigenvalue weighted by Gasteiger charge is -2.19. The van der Waals surface area contributed by atoms with Gasteiger partial charge in [0.25, 0.3) is 11.1 Å². The van der Waals surface area contributed by atoms with Crippen LogP contribution in [0.15, 0.2) is 81.1 Å². The minimum atomic E-state index is -3.34. The van der Waals surface area contributed by atoms with Crippen molar-refractivity contribution in [3.05, 3.63) is 122 Å². The van der Waals surface area contributed by atoms with E-state index in [4.69, 9.17) is 26.6 Å². The number of nitrogens with one attached hydrogen (secondary N) is 2. The van der Waals surface area contributed by atoms with E-state index in [0.717, 1.165) is 86.5 Å². The topological polar surface area (TPSA) is 331 Å². The Morgan fingerprint density at radius 1 is 0.598 bits per heavy atom. The number of aryl methyl sites for hydroxylation is 2. The van der Waals surface area contributed by atoms with Crippen LogP contribution in [0.4, 0.5) is 11.6 Å². The summed E-state index contributed by atoms with van der Waals surface area (Å²) in [6, 6.07) is 6.11. The third kappa shape index (κ3) is 13.8. The minimum Gasteiger partial charge on any atom is -0.423 e. The van der Waals surface area contributed by atoms with Gasteiger partial charge in [0, 0.05) is 65.7 Å². The molecule has 8 aromatic rings. The zero-order chi connectivity index (χ0) is 56.8. The van der Waals surface area contributed by atoms with E-state index < -0.39 is 26.8 Å². The lowest BCUT2D eigenvalue weighted by Crippen LogP contribution is -2.36. The Balaban J connectivity index is 0.000000176. The van der Waals surface area contributed by atoms with Gasteiger partial charge in [0.05, 0.1) is 63.6 Å². The molecule has 0 aromatic carbocycles. The largest absolute Gasteiger partial charge is 0.492 e. The van der Waals surface area contributed by atoms with Crippen LogP contribution < -0.4 is 27.2 Å². The van der Waals surface area contributed by atoms with Crippen molar-refractivity contribution in [2.75, 3.05) is 23.1 Å². The van der Waals surface area contributed by atoms with E-state index in [1.807, 2.05) is 20.8 Å². The second-order valence-electron chi connectivity index (χ2n) is 20.8. The van der Waals surface area contributed by atoms with Gasteiger partial charge in [-0.2, -0.15) is 4.98 Å². The molecule has 0 aliphatic heterocycles. The number of aromatic nitrogens is 14. The summed E-state index contributed by atoms with van der Waals surface area (Å²) in [5.74, 6) is 2.47. The van der Waals surface area contributed by atoms with Crippen LogP contribution in [0.25, 0.3) is 33.7 Å². The van der Waals surface area contributed by atoms with Gasteiger partial charge in [0.1, 0.15) is 23.7 Å². The normalized spacial score (nSPS) is 15.6. The summed E-state index contributed by atoms with van der Waals surface area (Å²) in [5, 5.41) is 24.4. The van der Waals surface area contributed by atoms with E-state index in [-0.39, 0.29) is 77.9 Å². The molecule has 4 fully saturated rings. The maximum atomic E-state index is 13.7. The van der Waals surface area contributed by atoms with Gasteiger partial charge in [-0.05, 0) is 127 Å². The molecule has 0 bridgehead atoms. The average molecular weight is 1180 g/mol. The van der Waals surface area contributed by atoms with Gasteiger partial charge in [-0.1, -0.05) is 14.9 Å². The van der Waals surface area contributed by atoms with Gasteiger partial charge in [0.15, 0.2) is 48.4 Å². The number of fused-ring (bicyclic) bond motifs is 2. The number of sulfone groups is 2. The van der Waals surface area contributed by atoms with Crippen molar-refractivity contribution in [3.63, 3.8) is 0 Å². The summed E-state index contributed by atoms with van der Waals surface area (Å²) in [4.78, 5) is 79.0. The second kappa shape index (κ2) is 24.6. The molecule has 0 saturated heterocycles. The van der Waals surface area contributed by atoms with Gasteiger partial charge in [0.2, 0.25) is 5.28 Å². The Hall–Kier alpha value is -7.33. The van der Waals surface area contributed by atoms with Gasteiger partial charge < -0.3 is 20.7 Å². The number of rotatable bonds is 16. The lowest BCUT2D eigenvalue weighted by molar-refractivity contribution is 0.424. The summed E-state index contributed by atoms with van der Waals surface area (Å²) in [6.45, 7) is 8.15. The first-order valence-electron chi connectivity index (χ1n) is 26.2. The molecule has 8 heterocycles. The first-order chi connectivity index (χ1) is 38.1. The Labute approximate surface area is 480 Å². The van der Waals surface area contributed by atoms with E-state index in [2.05, 4.69) is 65.5 Å². The molecular weight excluding hydrogens is 1110 g/mol. The molecule has 24 nitrogen and oxygen atoms in total. The molecule has 0 amide bonds.